The fourth-order valence-corrected chi connectivity index (χ4v) is 3.75. The van der Waals surface area contributed by atoms with Gasteiger partial charge in [-0.2, -0.15) is 0 Å². The monoisotopic (exact) mass is 374 g/mol. The summed E-state index contributed by atoms with van der Waals surface area (Å²) in [7, 11) is 2.96. The number of esters is 1. The molecule has 0 N–H and O–H groups in total. The minimum absolute atomic E-state index is 0.0459. The number of benzene rings is 3. The van der Waals surface area contributed by atoms with E-state index in [1.807, 2.05) is 60.7 Å². The van der Waals surface area contributed by atoms with Crippen LogP contribution in [-0.2, 0) is 24.8 Å². The maximum Gasteiger partial charge on any atom is 0.373 e. The summed E-state index contributed by atoms with van der Waals surface area (Å²) in [5.41, 5.74) is 1.96. The SMILES string of the molecule is COC(=O)C1=C[C@@H](c2ccccc2)C[C@](OC)(c2ccc3ccccc3c2)O1. The third-order valence-corrected chi connectivity index (χ3v) is 5.25. The predicted octanol–water partition coefficient (Wildman–Crippen LogP) is 4.90. The average Bonchev–Trinajstić information content (AvgIpc) is 2.78. The van der Waals surface area contributed by atoms with Gasteiger partial charge in [-0.1, -0.05) is 66.7 Å². The van der Waals surface area contributed by atoms with Gasteiger partial charge < -0.3 is 14.2 Å². The molecular formula is C24H22O4. The third kappa shape index (κ3) is 3.27. The molecule has 3 aromatic rings. The Morgan fingerprint density at radius 3 is 2.39 bits per heavy atom. The lowest BCUT2D eigenvalue weighted by atomic mass is 9.85. The van der Waals surface area contributed by atoms with Gasteiger partial charge in [0.05, 0.1) is 7.11 Å². The Balaban J connectivity index is 1.82. The summed E-state index contributed by atoms with van der Waals surface area (Å²) in [6.07, 6.45) is 2.37. The van der Waals surface area contributed by atoms with Crippen molar-refractivity contribution in [1.82, 2.24) is 0 Å². The van der Waals surface area contributed by atoms with E-state index in [1.54, 1.807) is 7.11 Å². The molecule has 0 aliphatic carbocycles. The Bertz CT molecular complexity index is 1020. The summed E-state index contributed by atoms with van der Waals surface area (Å²) in [4.78, 5) is 12.3. The molecule has 1 aliphatic heterocycles. The first-order valence-electron chi connectivity index (χ1n) is 9.24. The number of allylic oxidation sites excluding steroid dienone is 1. The lowest BCUT2D eigenvalue weighted by Gasteiger charge is -2.39. The van der Waals surface area contributed by atoms with Gasteiger partial charge in [0.15, 0.2) is 0 Å². The van der Waals surface area contributed by atoms with E-state index in [0.29, 0.717) is 6.42 Å². The molecule has 0 fully saturated rings. The molecule has 0 saturated carbocycles. The molecule has 2 atom stereocenters. The molecule has 0 bridgehead atoms. The van der Waals surface area contributed by atoms with E-state index in [9.17, 15) is 4.79 Å². The summed E-state index contributed by atoms with van der Waals surface area (Å²) < 4.78 is 17.0. The number of hydrogen-bond acceptors (Lipinski definition) is 4. The van der Waals surface area contributed by atoms with Crippen LogP contribution in [0, 0.1) is 0 Å². The fourth-order valence-electron chi connectivity index (χ4n) is 3.75. The second kappa shape index (κ2) is 7.49. The van der Waals surface area contributed by atoms with Crippen molar-refractivity contribution in [2.24, 2.45) is 0 Å². The van der Waals surface area contributed by atoms with Crippen molar-refractivity contribution in [3.8, 4) is 0 Å². The summed E-state index contributed by atoms with van der Waals surface area (Å²) in [6, 6.07) is 24.3. The van der Waals surface area contributed by atoms with Crippen molar-refractivity contribution in [1.29, 1.82) is 0 Å². The fraction of sp³-hybridized carbons (Fsp3) is 0.208. The molecule has 0 radical (unpaired) electrons. The molecule has 28 heavy (non-hydrogen) atoms. The highest BCUT2D eigenvalue weighted by atomic mass is 16.7. The molecule has 0 saturated heterocycles. The van der Waals surface area contributed by atoms with Crippen LogP contribution in [0.4, 0.5) is 0 Å². The Labute approximate surface area is 164 Å². The van der Waals surface area contributed by atoms with Crippen molar-refractivity contribution in [2.45, 2.75) is 18.1 Å². The molecular weight excluding hydrogens is 352 g/mol. The van der Waals surface area contributed by atoms with E-state index in [2.05, 4.69) is 18.2 Å². The highest BCUT2D eigenvalue weighted by Crippen LogP contribution is 2.44. The van der Waals surface area contributed by atoms with Crippen LogP contribution in [-0.4, -0.2) is 20.2 Å². The Morgan fingerprint density at radius 2 is 1.68 bits per heavy atom. The van der Waals surface area contributed by atoms with Gasteiger partial charge in [-0.25, -0.2) is 4.79 Å². The normalized spacial score (nSPS) is 21.6. The lowest BCUT2D eigenvalue weighted by Crippen LogP contribution is -2.38. The molecule has 142 valence electrons. The zero-order chi connectivity index (χ0) is 19.6. The zero-order valence-corrected chi connectivity index (χ0v) is 15.9. The van der Waals surface area contributed by atoms with E-state index < -0.39 is 11.8 Å². The van der Waals surface area contributed by atoms with Crippen molar-refractivity contribution < 1.29 is 19.0 Å². The largest absolute Gasteiger partial charge is 0.463 e. The Kier molecular flexibility index (Phi) is 4.88. The highest BCUT2D eigenvalue weighted by molar-refractivity contribution is 5.87. The molecule has 0 spiro atoms. The van der Waals surface area contributed by atoms with E-state index in [4.69, 9.17) is 14.2 Å². The standard InChI is InChI=1S/C24H22O4/c1-26-23(25)22-15-20(17-8-4-3-5-9-17)16-24(27-2,28-22)21-13-12-18-10-6-7-11-19(18)14-21/h3-15,20H,16H2,1-2H3/t20-,24-/m1/s1. The van der Waals surface area contributed by atoms with Gasteiger partial charge in [-0.3, -0.25) is 0 Å². The minimum atomic E-state index is -1.08. The quantitative estimate of drug-likeness (QED) is 0.609. The first-order valence-corrected chi connectivity index (χ1v) is 9.24. The average molecular weight is 374 g/mol. The molecule has 1 heterocycles. The molecule has 0 amide bonds. The molecule has 0 aromatic heterocycles. The number of carbonyl (C=O) groups excluding carboxylic acids is 1. The van der Waals surface area contributed by atoms with E-state index >= 15 is 0 Å². The Morgan fingerprint density at radius 1 is 0.964 bits per heavy atom. The second-order valence-electron chi connectivity index (χ2n) is 6.86. The maximum atomic E-state index is 12.3. The van der Waals surface area contributed by atoms with Gasteiger partial charge in [0, 0.05) is 25.0 Å². The third-order valence-electron chi connectivity index (χ3n) is 5.25. The topological polar surface area (TPSA) is 44.8 Å². The van der Waals surface area contributed by atoms with Crippen LogP contribution >= 0.6 is 0 Å². The number of fused-ring (bicyclic) bond motifs is 1. The zero-order valence-electron chi connectivity index (χ0n) is 15.9. The van der Waals surface area contributed by atoms with Crippen molar-refractivity contribution >= 4 is 16.7 Å². The van der Waals surface area contributed by atoms with Gasteiger partial charge in [0.1, 0.15) is 0 Å². The van der Waals surface area contributed by atoms with Crippen LogP contribution in [0.2, 0.25) is 0 Å². The maximum absolute atomic E-state index is 12.3. The summed E-state index contributed by atoms with van der Waals surface area (Å²) in [5.74, 6) is -1.47. The molecule has 4 nitrogen and oxygen atoms in total. The number of ether oxygens (including phenoxy) is 3. The molecule has 1 aliphatic rings. The van der Waals surface area contributed by atoms with E-state index in [0.717, 1.165) is 21.9 Å². The van der Waals surface area contributed by atoms with Crippen LogP contribution in [0.1, 0.15) is 23.5 Å². The first-order chi connectivity index (χ1) is 13.6. The number of hydrogen-bond donors (Lipinski definition) is 0. The molecule has 4 rings (SSSR count). The number of methoxy groups -OCH3 is 2. The van der Waals surface area contributed by atoms with Crippen LogP contribution in [0.3, 0.4) is 0 Å². The summed E-state index contributed by atoms with van der Waals surface area (Å²) in [6.45, 7) is 0. The van der Waals surface area contributed by atoms with Gasteiger partial charge in [-0.05, 0) is 28.5 Å². The van der Waals surface area contributed by atoms with Crippen molar-refractivity contribution in [3.63, 3.8) is 0 Å². The summed E-state index contributed by atoms with van der Waals surface area (Å²) >= 11 is 0. The second-order valence-corrected chi connectivity index (χ2v) is 6.86. The minimum Gasteiger partial charge on any atom is -0.463 e. The Hall–Kier alpha value is -3.11. The molecule has 4 heteroatoms. The van der Waals surface area contributed by atoms with E-state index in [1.165, 1.54) is 7.11 Å². The molecule has 0 unspecified atom stereocenters. The van der Waals surface area contributed by atoms with Crippen molar-refractivity contribution in [2.75, 3.05) is 14.2 Å². The van der Waals surface area contributed by atoms with Crippen LogP contribution in [0.25, 0.3) is 10.8 Å². The predicted molar refractivity (Wildman–Crippen MR) is 108 cm³/mol. The van der Waals surface area contributed by atoms with Gasteiger partial charge in [0.2, 0.25) is 11.5 Å². The highest BCUT2D eigenvalue weighted by Gasteiger charge is 2.43. The van der Waals surface area contributed by atoms with E-state index in [-0.39, 0.29) is 11.7 Å². The van der Waals surface area contributed by atoms with Crippen LogP contribution in [0.5, 0.6) is 0 Å². The van der Waals surface area contributed by atoms with Gasteiger partial charge >= 0.3 is 5.97 Å². The van der Waals surface area contributed by atoms with Crippen LogP contribution < -0.4 is 0 Å². The number of carbonyl (C=O) groups is 1. The van der Waals surface area contributed by atoms with Gasteiger partial charge in [0.25, 0.3) is 0 Å². The number of rotatable bonds is 4. The first kappa shape index (κ1) is 18.3. The molecule has 3 aromatic carbocycles. The lowest BCUT2D eigenvalue weighted by molar-refractivity contribution is -0.225. The van der Waals surface area contributed by atoms with Crippen molar-refractivity contribution in [3.05, 3.63) is 95.8 Å². The van der Waals surface area contributed by atoms with Crippen LogP contribution in [0.15, 0.2) is 84.6 Å². The van der Waals surface area contributed by atoms with Gasteiger partial charge in [-0.15, -0.1) is 0 Å². The smallest absolute Gasteiger partial charge is 0.373 e. The summed E-state index contributed by atoms with van der Waals surface area (Å²) in [5, 5.41) is 2.22.